The van der Waals surface area contributed by atoms with Crippen molar-refractivity contribution in [3.8, 4) is 5.75 Å². The highest BCUT2D eigenvalue weighted by Gasteiger charge is 2.57. The summed E-state index contributed by atoms with van der Waals surface area (Å²) in [7, 11) is -1.04. The number of fused-ring (bicyclic) bond motifs is 3. The van der Waals surface area contributed by atoms with Crippen LogP contribution in [-0.4, -0.2) is 46.9 Å². The smallest absolute Gasteiger partial charge is 0.455 e. The second-order valence-electron chi connectivity index (χ2n) is 10.1. The van der Waals surface area contributed by atoms with E-state index in [1.54, 1.807) is 36.4 Å². The second kappa shape index (κ2) is 10.7. The van der Waals surface area contributed by atoms with E-state index in [0.29, 0.717) is 24.9 Å². The Labute approximate surface area is 217 Å². The van der Waals surface area contributed by atoms with Crippen LogP contribution in [0.4, 0.5) is 5.69 Å². The van der Waals surface area contributed by atoms with Crippen molar-refractivity contribution in [3.63, 3.8) is 0 Å². The summed E-state index contributed by atoms with van der Waals surface area (Å²) in [6.45, 7) is 1.87. The third kappa shape index (κ3) is 4.89. The minimum absolute atomic E-state index is 0.207. The number of carbonyl (C=O) groups excluding carboxylic acids is 2. The number of anilines is 1. The van der Waals surface area contributed by atoms with E-state index in [4.69, 9.17) is 4.65 Å². The van der Waals surface area contributed by atoms with Crippen LogP contribution in [0.2, 0.25) is 6.32 Å². The van der Waals surface area contributed by atoms with E-state index in [-0.39, 0.29) is 36.4 Å². The molecule has 7 nitrogen and oxygen atoms in total. The van der Waals surface area contributed by atoms with E-state index in [1.807, 2.05) is 18.2 Å². The zero-order chi connectivity index (χ0) is 26.1. The molecule has 37 heavy (non-hydrogen) atoms. The Morgan fingerprint density at radius 1 is 1.08 bits per heavy atom. The molecule has 2 heterocycles. The molecule has 1 aliphatic carbocycles. The van der Waals surface area contributed by atoms with Crippen molar-refractivity contribution in [2.45, 2.75) is 45.0 Å². The lowest BCUT2D eigenvalue weighted by atomic mass is 9.58. The highest BCUT2D eigenvalue weighted by molar-refractivity contribution is 6.43. The van der Waals surface area contributed by atoms with Crippen LogP contribution in [0.15, 0.2) is 71.3 Å². The number of benzene rings is 2. The summed E-state index contributed by atoms with van der Waals surface area (Å²) in [5, 5.41) is 30.5. The van der Waals surface area contributed by atoms with E-state index in [1.165, 1.54) is 10.5 Å². The highest BCUT2D eigenvalue weighted by atomic mass is 16.5. The number of phenolic OH excluding ortho intramolecular Hbond substituents is 1. The summed E-state index contributed by atoms with van der Waals surface area (Å²) in [5.74, 6) is -1.74. The van der Waals surface area contributed by atoms with Gasteiger partial charge in [0.1, 0.15) is 5.75 Å². The van der Waals surface area contributed by atoms with E-state index in [0.717, 1.165) is 23.1 Å². The standard InChI is InChI=1S/C29H32BNO6/c1-2-18(14-19-8-11-22(33)12-9-19)10-13-25-26-20(17-32)15-23-27(24(26)16-30(36)37-25)29(35)31(28(23)34)21-6-4-3-5-7-21/h3-9,11-12,14,23-25,27,32-33,36H,2,10,13,15-17H2,1H3/b18-14+/t23-,24+,25-,27-/m1/s1. The molecule has 4 atom stereocenters. The third-order valence-corrected chi connectivity index (χ3v) is 7.96. The number of hydrogen-bond donors (Lipinski definition) is 3. The first-order chi connectivity index (χ1) is 17.9. The average molecular weight is 501 g/mol. The first-order valence-corrected chi connectivity index (χ1v) is 13.0. The number of carbonyl (C=O) groups is 2. The fourth-order valence-corrected chi connectivity index (χ4v) is 6.22. The molecule has 8 heteroatoms. The molecule has 2 aromatic carbocycles. The lowest BCUT2D eigenvalue weighted by Crippen LogP contribution is -2.46. The molecule has 0 spiro atoms. The van der Waals surface area contributed by atoms with Crippen LogP contribution in [0.25, 0.3) is 6.08 Å². The maximum absolute atomic E-state index is 13.6. The number of imide groups is 1. The monoisotopic (exact) mass is 501 g/mol. The van der Waals surface area contributed by atoms with Gasteiger partial charge in [0.15, 0.2) is 0 Å². The van der Waals surface area contributed by atoms with Crippen LogP contribution in [0.5, 0.6) is 5.75 Å². The molecular formula is C29H32BNO6. The van der Waals surface area contributed by atoms with Crippen molar-refractivity contribution in [1.82, 2.24) is 0 Å². The van der Waals surface area contributed by atoms with E-state index in [9.17, 15) is 24.8 Å². The fourth-order valence-electron chi connectivity index (χ4n) is 6.22. The van der Waals surface area contributed by atoms with Crippen LogP contribution in [0, 0.1) is 17.8 Å². The van der Waals surface area contributed by atoms with Crippen LogP contribution in [0.3, 0.4) is 0 Å². The average Bonchev–Trinajstić information content (AvgIpc) is 3.16. The zero-order valence-electron chi connectivity index (χ0n) is 20.9. The molecule has 0 unspecified atom stereocenters. The largest absolute Gasteiger partial charge is 0.508 e. The quantitative estimate of drug-likeness (QED) is 0.301. The molecule has 2 fully saturated rings. The maximum Gasteiger partial charge on any atom is 0.455 e. The summed E-state index contributed by atoms with van der Waals surface area (Å²) in [6.07, 6.45) is 4.32. The van der Waals surface area contributed by atoms with Gasteiger partial charge in [-0.3, -0.25) is 14.5 Å². The molecular weight excluding hydrogens is 469 g/mol. The van der Waals surface area contributed by atoms with Gasteiger partial charge in [-0.1, -0.05) is 48.9 Å². The lowest BCUT2D eigenvalue weighted by Gasteiger charge is -2.43. The fraction of sp³-hybridized carbons (Fsp3) is 0.379. The Hall–Kier alpha value is -3.20. The van der Waals surface area contributed by atoms with Gasteiger partial charge in [-0.15, -0.1) is 0 Å². The number of rotatable bonds is 7. The van der Waals surface area contributed by atoms with E-state index >= 15 is 0 Å². The number of allylic oxidation sites excluding steroid dienone is 1. The summed E-state index contributed by atoms with van der Waals surface area (Å²) >= 11 is 0. The molecule has 0 saturated carbocycles. The Kier molecular flexibility index (Phi) is 7.33. The van der Waals surface area contributed by atoms with Crippen molar-refractivity contribution in [2.24, 2.45) is 17.8 Å². The van der Waals surface area contributed by atoms with Gasteiger partial charge in [0.25, 0.3) is 0 Å². The van der Waals surface area contributed by atoms with Gasteiger partial charge in [-0.2, -0.15) is 0 Å². The second-order valence-corrected chi connectivity index (χ2v) is 10.1. The number of nitrogens with zero attached hydrogens (tertiary/aromatic N) is 1. The zero-order valence-corrected chi connectivity index (χ0v) is 20.9. The molecule has 0 bridgehead atoms. The summed E-state index contributed by atoms with van der Waals surface area (Å²) < 4.78 is 5.99. The van der Waals surface area contributed by atoms with Crippen molar-refractivity contribution in [2.75, 3.05) is 11.5 Å². The first-order valence-electron chi connectivity index (χ1n) is 13.0. The molecule has 0 radical (unpaired) electrons. The van der Waals surface area contributed by atoms with Crippen LogP contribution >= 0.6 is 0 Å². The topological polar surface area (TPSA) is 107 Å². The normalized spacial score (nSPS) is 26.0. The lowest BCUT2D eigenvalue weighted by molar-refractivity contribution is -0.122. The van der Waals surface area contributed by atoms with Gasteiger partial charge in [-0.05, 0) is 78.9 Å². The Morgan fingerprint density at radius 3 is 2.49 bits per heavy atom. The minimum atomic E-state index is -1.04. The third-order valence-electron chi connectivity index (χ3n) is 7.96. The molecule has 2 amide bonds. The van der Waals surface area contributed by atoms with Gasteiger partial charge >= 0.3 is 7.12 Å². The van der Waals surface area contributed by atoms with Crippen molar-refractivity contribution >= 4 is 30.7 Å². The SMILES string of the molecule is CC/C(=C\c1ccc(O)cc1)CC[C@H]1OB(O)C[C@H]2C1=C(CO)C[C@H]1C(=O)N(c3ccccc3)C(=O)[C@H]12. The Morgan fingerprint density at radius 2 is 1.81 bits per heavy atom. The predicted octanol–water partition coefficient (Wildman–Crippen LogP) is 3.96. The molecule has 0 aromatic heterocycles. The molecule has 3 N–H and O–H groups in total. The van der Waals surface area contributed by atoms with Crippen molar-refractivity contribution in [3.05, 3.63) is 76.9 Å². The van der Waals surface area contributed by atoms with Crippen LogP contribution < -0.4 is 4.90 Å². The summed E-state index contributed by atoms with van der Waals surface area (Å²) in [6, 6.07) is 16.0. The van der Waals surface area contributed by atoms with E-state index < -0.39 is 25.1 Å². The Balaban J connectivity index is 1.41. The molecule has 192 valence electrons. The van der Waals surface area contributed by atoms with Gasteiger partial charge in [0, 0.05) is 0 Å². The highest BCUT2D eigenvalue weighted by Crippen LogP contribution is 2.51. The van der Waals surface area contributed by atoms with E-state index in [2.05, 4.69) is 13.0 Å². The first kappa shape index (κ1) is 25.5. The van der Waals surface area contributed by atoms with Gasteiger partial charge in [-0.25, -0.2) is 0 Å². The number of aliphatic hydroxyl groups is 1. The van der Waals surface area contributed by atoms with Gasteiger partial charge in [0.05, 0.1) is 30.2 Å². The molecule has 2 saturated heterocycles. The minimum Gasteiger partial charge on any atom is -0.508 e. The molecule has 5 rings (SSSR count). The molecule has 2 aromatic rings. The number of amides is 2. The maximum atomic E-state index is 13.6. The number of phenols is 1. The number of aliphatic hydroxyl groups excluding tert-OH is 1. The summed E-state index contributed by atoms with van der Waals surface area (Å²) in [4.78, 5) is 28.3. The molecule has 2 aliphatic heterocycles. The van der Waals surface area contributed by atoms with Gasteiger partial charge < -0.3 is 19.9 Å². The van der Waals surface area contributed by atoms with Crippen molar-refractivity contribution < 1.29 is 29.5 Å². The Bertz CT molecular complexity index is 1220. The van der Waals surface area contributed by atoms with Crippen LogP contribution in [0.1, 0.15) is 38.2 Å². The van der Waals surface area contributed by atoms with Crippen molar-refractivity contribution in [1.29, 1.82) is 0 Å². The van der Waals surface area contributed by atoms with Crippen LogP contribution in [-0.2, 0) is 14.2 Å². The van der Waals surface area contributed by atoms with Gasteiger partial charge in [0.2, 0.25) is 11.8 Å². The molecule has 3 aliphatic rings. The number of aromatic hydroxyl groups is 1. The summed E-state index contributed by atoms with van der Waals surface area (Å²) in [5.41, 5.74) is 4.36. The number of para-hydroxylation sites is 1. The number of hydrogen-bond acceptors (Lipinski definition) is 6. The predicted molar refractivity (Wildman–Crippen MR) is 141 cm³/mol.